The summed E-state index contributed by atoms with van der Waals surface area (Å²) < 4.78 is 16.7. The van der Waals surface area contributed by atoms with Gasteiger partial charge >= 0.3 is 6.16 Å². The average molecular weight is 418 g/mol. The van der Waals surface area contributed by atoms with Gasteiger partial charge in [-0.1, -0.05) is 91.0 Å². The zero-order valence-corrected chi connectivity index (χ0v) is 17.4. The van der Waals surface area contributed by atoms with Crippen LogP contribution in [0.25, 0.3) is 0 Å². The van der Waals surface area contributed by atoms with E-state index >= 15 is 0 Å². The van der Waals surface area contributed by atoms with Gasteiger partial charge in [0.25, 0.3) is 0 Å². The molecule has 0 aromatic heterocycles. The number of ether oxygens (including phenoxy) is 3. The van der Waals surface area contributed by atoms with E-state index in [0.29, 0.717) is 26.3 Å². The number of carbonyl (C=O) groups is 1. The first-order valence-electron chi connectivity index (χ1n) is 10.5. The van der Waals surface area contributed by atoms with Gasteiger partial charge in [0.2, 0.25) is 0 Å². The summed E-state index contributed by atoms with van der Waals surface area (Å²) in [6.45, 7) is 2.59. The standard InChI is InChI=1S/C26H27NO4/c28-26-30-20-25(31-26)24(19-29-18-23-14-8-3-9-15-23)27(16-21-10-4-1-5-11-21)17-22-12-6-2-7-13-22/h1-15,24-25H,16-20H2/t24-,25-/m0/s1. The van der Waals surface area contributed by atoms with Crippen LogP contribution in [0, 0.1) is 0 Å². The topological polar surface area (TPSA) is 48.0 Å². The first kappa shape index (κ1) is 21.1. The van der Waals surface area contributed by atoms with E-state index in [1.807, 2.05) is 66.7 Å². The normalized spacial score (nSPS) is 16.7. The molecule has 1 heterocycles. The highest BCUT2D eigenvalue weighted by molar-refractivity contribution is 5.62. The number of rotatable bonds is 10. The quantitative estimate of drug-likeness (QED) is 0.443. The molecule has 4 rings (SSSR count). The Morgan fingerprint density at radius 2 is 1.32 bits per heavy atom. The van der Waals surface area contributed by atoms with Gasteiger partial charge < -0.3 is 14.2 Å². The van der Waals surface area contributed by atoms with Gasteiger partial charge in [-0.25, -0.2) is 4.79 Å². The van der Waals surface area contributed by atoms with Crippen LogP contribution in [0.1, 0.15) is 16.7 Å². The van der Waals surface area contributed by atoms with Crippen LogP contribution in [0.15, 0.2) is 91.0 Å². The third-order valence-corrected chi connectivity index (χ3v) is 5.37. The molecular formula is C26H27NO4. The van der Waals surface area contributed by atoms with E-state index in [-0.39, 0.29) is 18.8 Å². The third kappa shape index (κ3) is 6.17. The minimum atomic E-state index is -0.613. The maximum Gasteiger partial charge on any atom is 0.508 e. The molecule has 31 heavy (non-hydrogen) atoms. The molecular weight excluding hydrogens is 390 g/mol. The van der Waals surface area contributed by atoms with Gasteiger partial charge in [0.1, 0.15) is 6.61 Å². The highest BCUT2D eigenvalue weighted by Gasteiger charge is 2.36. The van der Waals surface area contributed by atoms with Gasteiger partial charge in [-0.2, -0.15) is 0 Å². The zero-order valence-electron chi connectivity index (χ0n) is 17.4. The summed E-state index contributed by atoms with van der Waals surface area (Å²) in [5.74, 6) is 0. The van der Waals surface area contributed by atoms with Crippen molar-refractivity contribution in [2.45, 2.75) is 31.8 Å². The van der Waals surface area contributed by atoms with Crippen LogP contribution in [0.3, 0.4) is 0 Å². The number of nitrogens with zero attached hydrogens (tertiary/aromatic N) is 1. The molecule has 5 nitrogen and oxygen atoms in total. The summed E-state index contributed by atoms with van der Waals surface area (Å²) in [6.07, 6.45) is -0.992. The molecule has 160 valence electrons. The largest absolute Gasteiger partial charge is 0.508 e. The van der Waals surface area contributed by atoms with E-state index in [2.05, 4.69) is 29.2 Å². The highest BCUT2D eigenvalue weighted by Crippen LogP contribution is 2.21. The van der Waals surface area contributed by atoms with Crippen molar-refractivity contribution in [3.8, 4) is 0 Å². The molecule has 0 N–H and O–H groups in total. The van der Waals surface area contributed by atoms with E-state index < -0.39 is 6.16 Å². The monoisotopic (exact) mass is 417 g/mol. The summed E-state index contributed by atoms with van der Waals surface area (Å²) >= 11 is 0. The van der Waals surface area contributed by atoms with Crippen LogP contribution < -0.4 is 0 Å². The number of hydrogen-bond acceptors (Lipinski definition) is 5. The van der Waals surface area contributed by atoms with E-state index in [4.69, 9.17) is 14.2 Å². The van der Waals surface area contributed by atoms with Gasteiger partial charge in [-0.05, 0) is 16.7 Å². The summed E-state index contributed by atoms with van der Waals surface area (Å²) in [6, 6.07) is 30.5. The van der Waals surface area contributed by atoms with Crippen molar-refractivity contribution in [1.82, 2.24) is 4.90 Å². The fourth-order valence-electron chi connectivity index (χ4n) is 3.78. The average Bonchev–Trinajstić information content (AvgIpc) is 3.24. The molecule has 3 aromatic rings. The molecule has 0 unspecified atom stereocenters. The highest BCUT2D eigenvalue weighted by atomic mass is 16.8. The number of hydrogen-bond donors (Lipinski definition) is 0. The second kappa shape index (κ2) is 10.8. The van der Waals surface area contributed by atoms with Crippen LogP contribution in [0.5, 0.6) is 0 Å². The molecule has 5 heteroatoms. The summed E-state index contributed by atoms with van der Waals surface area (Å²) in [4.78, 5) is 14.0. The molecule has 3 aromatic carbocycles. The lowest BCUT2D eigenvalue weighted by Crippen LogP contribution is -2.47. The SMILES string of the molecule is O=C1OC[C@@H]([C@H](COCc2ccccc2)N(Cc2ccccc2)Cc2ccccc2)O1. The molecule has 0 saturated carbocycles. The Balaban J connectivity index is 1.53. The van der Waals surface area contributed by atoms with Crippen molar-refractivity contribution in [1.29, 1.82) is 0 Å². The predicted molar refractivity (Wildman–Crippen MR) is 118 cm³/mol. The Morgan fingerprint density at radius 3 is 1.81 bits per heavy atom. The number of cyclic esters (lactones) is 2. The van der Waals surface area contributed by atoms with Crippen LogP contribution in [0.4, 0.5) is 4.79 Å². The van der Waals surface area contributed by atoms with Gasteiger partial charge in [0.05, 0.1) is 19.3 Å². The first-order chi connectivity index (χ1) is 15.3. The lowest BCUT2D eigenvalue weighted by atomic mass is 10.1. The van der Waals surface area contributed by atoms with Gasteiger partial charge in [0, 0.05) is 13.1 Å². The second-order valence-corrected chi connectivity index (χ2v) is 7.66. The molecule has 0 amide bonds. The van der Waals surface area contributed by atoms with E-state index in [9.17, 15) is 4.79 Å². The fraction of sp³-hybridized carbons (Fsp3) is 0.269. The van der Waals surface area contributed by atoms with Crippen LogP contribution in [-0.4, -0.2) is 36.4 Å². The van der Waals surface area contributed by atoms with Crippen molar-refractivity contribution >= 4 is 6.16 Å². The molecule has 1 aliphatic rings. The predicted octanol–water partition coefficient (Wildman–Crippen LogP) is 4.81. The van der Waals surface area contributed by atoms with Crippen molar-refractivity contribution in [3.63, 3.8) is 0 Å². The molecule has 2 atom stereocenters. The Bertz CT molecular complexity index is 892. The Kier molecular flexibility index (Phi) is 7.32. The molecule has 1 aliphatic heterocycles. The van der Waals surface area contributed by atoms with Crippen LogP contribution >= 0.6 is 0 Å². The smallest absolute Gasteiger partial charge is 0.430 e. The second-order valence-electron chi connectivity index (χ2n) is 7.66. The van der Waals surface area contributed by atoms with Gasteiger partial charge in [0.15, 0.2) is 6.10 Å². The van der Waals surface area contributed by atoms with Crippen molar-refractivity contribution in [2.24, 2.45) is 0 Å². The summed E-state index contributed by atoms with van der Waals surface area (Å²) in [5.41, 5.74) is 3.49. The number of carbonyl (C=O) groups excluding carboxylic acids is 1. The van der Waals surface area contributed by atoms with E-state index in [0.717, 1.165) is 5.56 Å². The molecule has 0 radical (unpaired) electrons. The van der Waals surface area contributed by atoms with Crippen LogP contribution in [0.2, 0.25) is 0 Å². The minimum Gasteiger partial charge on any atom is -0.430 e. The fourth-order valence-corrected chi connectivity index (χ4v) is 3.78. The Morgan fingerprint density at radius 1 is 0.806 bits per heavy atom. The Hall–Kier alpha value is -3.15. The summed E-state index contributed by atoms with van der Waals surface area (Å²) in [5, 5.41) is 0. The zero-order chi connectivity index (χ0) is 21.3. The minimum absolute atomic E-state index is 0.143. The first-order valence-corrected chi connectivity index (χ1v) is 10.5. The third-order valence-electron chi connectivity index (χ3n) is 5.37. The van der Waals surface area contributed by atoms with E-state index in [1.54, 1.807) is 0 Å². The molecule has 0 bridgehead atoms. The van der Waals surface area contributed by atoms with Gasteiger partial charge in [-0.3, -0.25) is 4.90 Å². The maximum absolute atomic E-state index is 11.7. The molecule has 0 spiro atoms. The summed E-state index contributed by atoms with van der Waals surface area (Å²) in [7, 11) is 0. The molecule has 1 fully saturated rings. The van der Waals surface area contributed by atoms with Crippen molar-refractivity contribution < 1.29 is 19.0 Å². The van der Waals surface area contributed by atoms with Crippen molar-refractivity contribution in [3.05, 3.63) is 108 Å². The van der Waals surface area contributed by atoms with E-state index in [1.165, 1.54) is 11.1 Å². The van der Waals surface area contributed by atoms with Crippen LogP contribution in [-0.2, 0) is 33.9 Å². The number of benzene rings is 3. The molecule has 1 saturated heterocycles. The lowest BCUT2D eigenvalue weighted by Gasteiger charge is -2.34. The Labute approximate surface area is 183 Å². The molecule has 0 aliphatic carbocycles. The maximum atomic E-state index is 11.7. The van der Waals surface area contributed by atoms with Gasteiger partial charge in [-0.15, -0.1) is 0 Å². The lowest BCUT2D eigenvalue weighted by molar-refractivity contribution is -0.0130. The van der Waals surface area contributed by atoms with Crippen molar-refractivity contribution in [2.75, 3.05) is 13.2 Å².